The summed E-state index contributed by atoms with van der Waals surface area (Å²) in [6.45, 7) is 2.21. The van der Waals surface area contributed by atoms with Gasteiger partial charge in [0.1, 0.15) is 0 Å². The Kier molecular flexibility index (Phi) is 7.23. The van der Waals surface area contributed by atoms with Gasteiger partial charge < -0.3 is 19.6 Å². The number of alkyl halides is 3. The average Bonchev–Trinajstić information content (AvgIpc) is 2.93. The first kappa shape index (κ1) is 23.4. The zero-order valence-corrected chi connectivity index (χ0v) is 16.7. The fraction of sp³-hybridized carbons (Fsp3) is 0.400. The van der Waals surface area contributed by atoms with Gasteiger partial charge in [-0.25, -0.2) is 19.2 Å². The zero-order chi connectivity index (χ0) is 23.3. The number of amides is 1. The zero-order valence-electron chi connectivity index (χ0n) is 16.7. The highest BCUT2D eigenvalue weighted by molar-refractivity contribution is 5.95. The number of carboxylic acids is 1. The monoisotopic (exact) mass is 456 g/mol. The van der Waals surface area contributed by atoms with Gasteiger partial charge >= 0.3 is 12.1 Å². The molecule has 12 heteroatoms. The molecule has 1 aromatic carbocycles. The van der Waals surface area contributed by atoms with Crippen LogP contribution in [0.3, 0.4) is 0 Å². The van der Waals surface area contributed by atoms with Gasteiger partial charge in [-0.1, -0.05) is 18.2 Å². The number of carbonyl (C=O) groups excluding carboxylic acids is 1. The van der Waals surface area contributed by atoms with Crippen LogP contribution in [-0.4, -0.2) is 65.5 Å². The second-order valence-corrected chi connectivity index (χ2v) is 7.08. The number of halogens is 4. The lowest BCUT2D eigenvalue weighted by Gasteiger charge is -2.37. The second-order valence-electron chi connectivity index (χ2n) is 7.08. The molecule has 2 aliphatic rings. The average molecular weight is 456 g/mol. The Morgan fingerprint density at radius 3 is 2.34 bits per heavy atom. The number of hydrogen-bond donors (Lipinski definition) is 1. The predicted molar refractivity (Wildman–Crippen MR) is 105 cm³/mol. The van der Waals surface area contributed by atoms with E-state index in [4.69, 9.17) is 14.6 Å². The SMILES string of the molecule is O=C(O)C(F)(F)F.O=C1[C@@H]2CCN(c3ncc(F)cn3)C[C@@H]2OCCN1c1ccccc1. The normalized spacial score (nSPS) is 21.2. The highest BCUT2D eigenvalue weighted by Crippen LogP contribution is 2.29. The van der Waals surface area contributed by atoms with Gasteiger partial charge in [-0.2, -0.15) is 13.2 Å². The van der Waals surface area contributed by atoms with E-state index in [2.05, 4.69) is 9.97 Å². The van der Waals surface area contributed by atoms with Crippen molar-refractivity contribution in [3.05, 3.63) is 48.5 Å². The fourth-order valence-electron chi connectivity index (χ4n) is 3.49. The first-order valence-electron chi connectivity index (χ1n) is 9.67. The summed E-state index contributed by atoms with van der Waals surface area (Å²) in [5.41, 5.74) is 0.904. The maximum atomic E-state index is 13.0. The molecule has 3 heterocycles. The van der Waals surface area contributed by atoms with Gasteiger partial charge in [0.05, 0.1) is 31.0 Å². The number of piperidine rings is 1. The molecular formula is C20H20F4N4O4. The van der Waals surface area contributed by atoms with Crippen LogP contribution < -0.4 is 9.80 Å². The van der Waals surface area contributed by atoms with Crippen molar-refractivity contribution in [2.45, 2.75) is 18.7 Å². The molecule has 2 saturated heterocycles. The topological polar surface area (TPSA) is 95.9 Å². The summed E-state index contributed by atoms with van der Waals surface area (Å²) in [6, 6.07) is 9.69. The minimum absolute atomic E-state index is 0.105. The van der Waals surface area contributed by atoms with E-state index < -0.39 is 18.0 Å². The van der Waals surface area contributed by atoms with Gasteiger partial charge in [0.15, 0.2) is 5.82 Å². The maximum absolute atomic E-state index is 13.0. The molecule has 1 N–H and O–H groups in total. The summed E-state index contributed by atoms with van der Waals surface area (Å²) in [5, 5.41) is 7.12. The lowest BCUT2D eigenvalue weighted by Crippen LogP contribution is -2.50. The summed E-state index contributed by atoms with van der Waals surface area (Å²) in [4.78, 5) is 33.7. The molecule has 0 saturated carbocycles. The van der Waals surface area contributed by atoms with Crippen molar-refractivity contribution < 1.29 is 37.0 Å². The van der Waals surface area contributed by atoms with Crippen molar-refractivity contribution in [1.29, 1.82) is 0 Å². The smallest absolute Gasteiger partial charge is 0.475 e. The number of ether oxygens (including phenoxy) is 1. The number of nitrogens with zero attached hydrogens (tertiary/aromatic N) is 4. The number of hydrogen-bond acceptors (Lipinski definition) is 6. The standard InChI is InChI=1S/C18H19FN4O2.C2HF3O2/c19-13-10-20-18(21-11-13)22-7-6-15-16(12-22)25-9-8-23(17(15)24)14-4-2-1-3-5-14;3-2(4,5)1(6)7/h1-5,10-11,15-16H,6-9,12H2;(H,6,7)/t15-,16+;/m1./s1. The summed E-state index contributed by atoms with van der Waals surface area (Å²) in [5.74, 6) is -2.82. The van der Waals surface area contributed by atoms with Crippen LogP contribution in [0, 0.1) is 11.7 Å². The summed E-state index contributed by atoms with van der Waals surface area (Å²) < 4.78 is 50.7. The number of carboxylic acid groups (broad SMARTS) is 1. The molecule has 0 aliphatic carbocycles. The van der Waals surface area contributed by atoms with Gasteiger partial charge in [0.2, 0.25) is 11.9 Å². The molecule has 1 aromatic heterocycles. The Labute approximate surface area is 180 Å². The summed E-state index contributed by atoms with van der Waals surface area (Å²) in [7, 11) is 0. The van der Waals surface area contributed by atoms with E-state index in [-0.39, 0.29) is 17.9 Å². The number of benzene rings is 1. The lowest BCUT2D eigenvalue weighted by atomic mass is 9.92. The molecule has 0 bridgehead atoms. The highest BCUT2D eigenvalue weighted by atomic mass is 19.4. The predicted octanol–water partition coefficient (Wildman–Crippen LogP) is 2.51. The molecule has 1 amide bonds. The van der Waals surface area contributed by atoms with Crippen molar-refractivity contribution in [1.82, 2.24) is 9.97 Å². The lowest BCUT2D eigenvalue weighted by molar-refractivity contribution is -0.192. The first-order valence-corrected chi connectivity index (χ1v) is 9.67. The van der Waals surface area contributed by atoms with Crippen LogP contribution in [0.4, 0.5) is 29.2 Å². The Balaban J connectivity index is 0.000000360. The molecule has 0 spiro atoms. The molecule has 0 unspecified atom stereocenters. The van der Waals surface area contributed by atoms with E-state index in [1.54, 1.807) is 0 Å². The summed E-state index contributed by atoms with van der Waals surface area (Å²) in [6.07, 6.45) is -2.31. The van der Waals surface area contributed by atoms with Gasteiger partial charge in [0, 0.05) is 25.3 Å². The third-order valence-corrected chi connectivity index (χ3v) is 4.99. The number of carbonyl (C=O) groups is 2. The van der Waals surface area contributed by atoms with E-state index in [0.717, 1.165) is 18.1 Å². The van der Waals surface area contributed by atoms with Gasteiger partial charge in [-0.3, -0.25) is 4.79 Å². The van der Waals surface area contributed by atoms with E-state index >= 15 is 0 Å². The van der Waals surface area contributed by atoms with Crippen molar-refractivity contribution in [2.75, 3.05) is 36.0 Å². The van der Waals surface area contributed by atoms with Crippen LogP contribution in [0.5, 0.6) is 0 Å². The number of aliphatic carboxylic acids is 1. The highest BCUT2D eigenvalue weighted by Gasteiger charge is 2.40. The maximum Gasteiger partial charge on any atom is 0.490 e. The molecule has 0 radical (unpaired) electrons. The van der Waals surface area contributed by atoms with Crippen LogP contribution in [0.1, 0.15) is 6.42 Å². The molecular weight excluding hydrogens is 436 g/mol. The van der Waals surface area contributed by atoms with Crippen molar-refractivity contribution in [2.24, 2.45) is 5.92 Å². The van der Waals surface area contributed by atoms with E-state index in [1.165, 1.54) is 0 Å². The molecule has 172 valence electrons. The fourth-order valence-corrected chi connectivity index (χ4v) is 3.49. The Hall–Kier alpha value is -3.28. The van der Waals surface area contributed by atoms with Crippen molar-refractivity contribution in [3.63, 3.8) is 0 Å². The largest absolute Gasteiger partial charge is 0.490 e. The first-order chi connectivity index (χ1) is 15.2. The van der Waals surface area contributed by atoms with Crippen molar-refractivity contribution >= 4 is 23.5 Å². The number of fused-ring (bicyclic) bond motifs is 1. The van der Waals surface area contributed by atoms with E-state index in [1.807, 2.05) is 40.1 Å². The quantitative estimate of drug-likeness (QED) is 0.694. The third kappa shape index (κ3) is 5.69. The van der Waals surface area contributed by atoms with Crippen molar-refractivity contribution in [3.8, 4) is 0 Å². The summed E-state index contributed by atoms with van der Waals surface area (Å²) >= 11 is 0. The van der Waals surface area contributed by atoms with Gasteiger partial charge in [-0.15, -0.1) is 0 Å². The van der Waals surface area contributed by atoms with Crippen LogP contribution >= 0.6 is 0 Å². The second kappa shape index (κ2) is 9.90. The van der Waals surface area contributed by atoms with Crippen LogP contribution in [-0.2, 0) is 14.3 Å². The Morgan fingerprint density at radius 1 is 1.12 bits per heavy atom. The minimum atomic E-state index is -5.08. The van der Waals surface area contributed by atoms with E-state index in [0.29, 0.717) is 38.6 Å². The molecule has 2 aliphatic heterocycles. The molecule has 2 fully saturated rings. The molecule has 8 nitrogen and oxygen atoms in total. The Morgan fingerprint density at radius 2 is 1.75 bits per heavy atom. The molecule has 2 aromatic rings. The van der Waals surface area contributed by atoms with Gasteiger partial charge in [-0.05, 0) is 18.6 Å². The van der Waals surface area contributed by atoms with Crippen LogP contribution in [0.25, 0.3) is 0 Å². The minimum Gasteiger partial charge on any atom is -0.475 e. The third-order valence-electron chi connectivity index (χ3n) is 4.99. The number of para-hydroxylation sites is 1. The number of anilines is 2. The van der Waals surface area contributed by atoms with Gasteiger partial charge in [0.25, 0.3) is 0 Å². The molecule has 32 heavy (non-hydrogen) atoms. The molecule has 2 atom stereocenters. The van der Waals surface area contributed by atoms with Crippen LogP contribution in [0.15, 0.2) is 42.7 Å². The van der Waals surface area contributed by atoms with Crippen LogP contribution in [0.2, 0.25) is 0 Å². The number of rotatable bonds is 2. The Bertz CT molecular complexity index is 927. The number of aromatic nitrogens is 2. The van der Waals surface area contributed by atoms with E-state index in [9.17, 15) is 22.4 Å². The molecule has 4 rings (SSSR count).